The Morgan fingerprint density at radius 3 is 2.33 bits per heavy atom. The van der Waals surface area contributed by atoms with E-state index in [1.165, 1.54) is 24.3 Å². The lowest BCUT2D eigenvalue weighted by molar-refractivity contribution is -0.124. The highest BCUT2D eigenvalue weighted by Gasteiger charge is 2.31. The fourth-order valence-electron chi connectivity index (χ4n) is 1.73. The Morgan fingerprint density at radius 2 is 1.86 bits per heavy atom. The Hall–Kier alpha value is -2.46. The van der Waals surface area contributed by atoms with Crippen molar-refractivity contribution in [3.05, 3.63) is 24.3 Å². The molecule has 10 heteroatoms. The maximum atomic E-state index is 11.7. The lowest BCUT2D eigenvalue weighted by Gasteiger charge is -2.08. The molecule has 1 aromatic rings. The molecule has 1 aromatic carbocycles. The van der Waals surface area contributed by atoms with Crippen molar-refractivity contribution in [3.8, 4) is 0 Å². The van der Waals surface area contributed by atoms with Gasteiger partial charge >= 0.3 is 6.03 Å². The third-order valence-corrected chi connectivity index (χ3v) is 3.64. The van der Waals surface area contributed by atoms with Gasteiger partial charge in [-0.15, -0.1) is 0 Å². The van der Waals surface area contributed by atoms with E-state index in [2.05, 4.69) is 10.6 Å². The number of hydrogen-bond acceptors (Lipinski definition) is 5. The maximum Gasteiger partial charge on any atom is 0.322 e. The third kappa shape index (κ3) is 3.77. The SMILES string of the molecule is NS(=O)(=O)c1ccc(NC(=O)C[C@@H]2NC(=O)NC2=O)cc1. The molecule has 112 valence electrons. The fraction of sp³-hybridized carbons (Fsp3) is 0.182. The van der Waals surface area contributed by atoms with Gasteiger partial charge in [-0.2, -0.15) is 0 Å². The zero-order valence-corrected chi connectivity index (χ0v) is 11.4. The van der Waals surface area contributed by atoms with Crippen molar-refractivity contribution in [3.63, 3.8) is 0 Å². The van der Waals surface area contributed by atoms with Crippen molar-refractivity contribution in [1.82, 2.24) is 10.6 Å². The van der Waals surface area contributed by atoms with E-state index < -0.39 is 33.9 Å². The summed E-state index contributed by atoms with van der Waals surface area (Å²) in [6.45, 7) is 0. The van der Waals surface area contributed by atoms with Gasteiger partial charge in [0.15, 0.2) is 0 Å². The lowest BCUT2D eigenvalue weighted by Crippen LogP contribution is -2.33. The van der Waals surface area contributed by atoms with Gasteiger partial charge < -0.3 is 10.6 Å². The van der Waals surface area contributed by atoms with E-state index in [9.17, 15) is 22.8 Å². The van der Waals surface area contributed by atoms with E-state index >= 15 is 0 Å². The molecule has 1 saturated heterocycles. The van der Waals surface area contributed by atoms with Crippen molar-refractivity contribution in [2.24, 2.45) is 5.14 Å². The summed E-state index contributed by atoms with van der Waals surface area (Å²) in [5.41, 5.74) is 0.345. The molecule has 1 heterocycles. The molecular weight excluding hydrogens is 300 g/mol. The second kappa shape index (κ2) is 5.50. The smallest absolute Gasteiger partial charge is 0.322 e. The summed E-state index contributed by atoms with van der Waals surface area (Å²) in [4.78, 5) is 33.8. The number of hydrogen-bond donors (Lipinski definition) is 4. The molecule has 1 aliphatic heterocycles. The molecule has 9 nitrogen and oxygen atoms in total. The first-order chi connectivity index (χ1) is 9.75. The van der Waals surface area contributed by atoms with Crippen LogP contribution >= 0.6 is 0 Å². The number of imide groups is 1. The van der Waals surface area contributed by atoms with Gasteiger partial charge in [-0.25, -0.2) is 18.4 Å². The minimum atomic E-state index is -3.79. The van der Waals surface area contributed by atoms with Crippen LogP contribution < -0.4 is 21.1 Å². The largest absolute Gasteiger partial charge is 0.326 e. The van der Waals surface area contributed by atoms with Crippen LogP contribution in [0.15, 0.2) is 29.2 Å². The number of amides is 4. The monoisotopic (exact) mass is 312 g/mol. The molecule has 0 aliphatic carbocycles. The molecule has 1 aliphatic rings. The fourth-order valence-corrected chi connectivity index (χ4v) is 2.24. The molecule has 0 unspecified atom stereocenters. The summed E-state index contributed by atoms with van der Waals surface area (Å²) in [6, 6.07) is 3.66. The van der Waals surface area contributed by atoms with Crippen molar-refractivity contribution in [1.29, 1.82) is 0 Å². The number of rotatable bonds is 4. The summed E-state index contributed by atoms with van der Waals surface area (Å²) in [6.07, 6.45) is -0.228. The van der Waals surface area contributed by atoms with E-state index in [1.54, 1.807) is 0 Å². The van der Waals surface area contributed by atoms with Gasteiger partial charge in [0, 0.05) is 5.69 Å². The van der Waals surface area contributed by atoms with Crippen LogP contribution in [0.1, 0.15) is 6.42 Å². The number of urea groups is 1. The average molecular weight is 312 g/mol. The van der Waals surface area contributed by atoms with Gasteiger partial charge in [0.05, 0.1) is 11.3 Å². The molecular formula is C11H12N4O5S. The Bertz CT molecular complexity index is 698. The normalized spacial score (nSPS) is 18.0. The Balaban J connectivity index is 1.97. The molecule has 5 N–H and O–H groups in total. The highest BCUT2D eigenvalue weighted by atomic mass is 32.2. The zero-order valence-electron chi connectivity index (χ0n) is 10.6. The van der Waals surface area contributed by atoms with Gasteiger partial charge in [-0.05, 0) is 24.3 Å². The van der Waals surface area contributed by atoms with E-state index in [0.29, 0.717) is 5.69 Å². The van der Waals surface area contributed by atoms with Crippen LogP contribution in [0.3, 0.4) is 0 Å². The van der Waals surface area contributed by atoms with Crippen LogP contribution in [-0.2, 0) is 19.6 Å². The number of carbonyl (C=O) groups is 3. The minimum absolute atomic E-state index is 0.0806. The lowest BCUT2D eigenvalue weighted by atomic mass is 10.2. The van der Waals surface area contributed by atoms with Gasteiger partial charge in [0.1, 0.15) is 6.04 Å². The quantitative estimate of drug-likeness (QED) is 0.519. The molecule has 0 saturated carbocycles. The van der Waals surface area contributed by atoms with E-state index in [-0.39, 0.29) is 11.3 Å². The van der Waals surface area contributed by atoms with Gasteiger partial charge in [-0.3, -0.25) is 14.9 Å². The summed E-state index contributed by atoms with van der Waals surface area (Å²) < 4.78 is 22.1. The molecule has 1 atom stereocenters. The minimum Gasteiger partial charge on any atom is -0.326 e. The first-order valence-corrected chi connectivity index (χ1v) is 7.34. The van der Waals surface area contributed by atoms with E-state index in [1.807, 2.05) is 5.32 Å². The number of carbonyl (C=O) groups excluding carboxylic acids is 3. The van der Waals surface area contributed by atoms with Crippen molar-refractivity contribution >= 4 is 33.6 Å². The zero-order chi connectivity index (χ0) is 15.6. The summed E-state index contributed by atoms with van der Waals surface area (Å²) >= 11 is 0. The van der Waals surface area contributed by atoms with E-state index in [4.69, 9.17) is 5.14 Å². The molecule has 1 fully saturated rings. The van der Waals surface area contributed by atoms with Crippen LogP contribution in [0, 0.1) is 0 Å². The number of nitrogens with two attached hydrogens (primary N) is 1. The molecule has 0 bridgehead atoms. The summed E-state index contributed by atoms with van der Waals surface area (Å²) in [5, 5.41) is 11.7. The molecule has 21 heavy (non-hydrogen) atoms. The first kappa shape index (κ1) is 14.9. The summed E-state index contributed by atoms with van der Waals surface area (Å²) in [5.74, 6) is -1.07. The number of benzene rings is 1. The van der Waals surface area contributed by atoms with Crippen LogP contribution in [0.4, 0.5) is 10.5 Å². The van der Waals surface area contributed by atoms with Crippen molar-refractivity contribution < 1.29 is 22.8 Å². The molecule has 4 amide bonds. The Labute approximate surface area is 119 Å². The predicted octanol–water partition coefficient (Wildman–Crippen LogP) is -1.13. The number of sulfonamides is 1. The second-order valence-electron chi connectivity index (χ2n) is 4.34. The van der Waals surface area contributed by atoms with Crippen LogP contribution in [-0.4, -0.2) is 32.3 Å². The maximum absolute atomic E-state index is 11.7. The predicted molar refractivity (Wildman–Crippen MR) is 71.5 cm³/mol. The van der Waals surface area contributed by atoms with Crippen molar-refractivity contribution in [2.75, 3.05) is 5.32 Å². The Morgan fingerprint density at radius 1 is 1.24 bits per heavy atom. The van der Waals surface area contributed by atoms with Crippen LogP contribution in [0.25, 0.3) is 0 Å². The Kier molecular flexibility index (Phi) is 3.91. The number of anilines is 1. The highest BCUT2D eigenvalue weighted by Crippen LogP contribution is 2.13. The van der Waals surface area contributed by atoms with Crippen LogP contribution in [0.5, 0.6) is 0 Å². The molecule has 0 aromatic heterocycles. The highest BCUT2D eigenvalue weighted by molar-refractivity contribution is 7.89. The second-order valence-corrected chi connectivity index (χ2v) is 5.90. The van der Waals surface area contributed by atoms with Crippen molar-refractivity contribution in [2.45, 2.75) is 17.4 Å². The average Bonchev–Trinajstić information content (AvgIpc) is 2.67. The number of nitrogens with one attached hydrogen (secondary N) is 3. The number of primary sulfonamides is 1. The van der Waals surface area contributed by atoms with Crippen LogP contribution in [0.2, 0.25) is 0 Å². The molecule has 0 spiro atoms. The van der Waals surface area contributed by atoms with Gasteiger partial charge in [-0.1, -0.05) is 0 Å². The molecule has 2 rings (SSSR count). The molecule has 0 radical (unpaired) electrons. The van der Waals surface area contributed by atoms with E-state index in [0.717, 1.165) is 0 Å². The van der Waals surface area contributed by atoms with Gasteiger partial charge in [0.2, 0.25) is 15.9 Å². The standard InChI is InChI=1S/C11H12N4O5S/c12-21(19,20)7-3-1-6(2-4-7)13-9(16)5-8-10(17)15-11(18)14-8/h1-4,8H,5H2,(H,13,16)(H2,12,19,20)(H2,14,15,17,18)/t8-/m0/s1. The first-order valence-electron chi connectivity index (χ1n) is 5.80. The third-order valence-electron chi connectivity index (χ3n) is 2.71. The summed E-state index contributed by atoms with van der Waals surface area (Å²) in [7, 11) is -3.79. The van der Waals surface area contributed by atoms with Gasteiger partial charge in [0.25, 0.3) is 5.91 Å². The topological polar surface area (TPSA) is 147 Å².